The molecule has 2 rings (SSSR count). The Morgan fingerprint density at radius 3 is 2.65 bits per heavy atom. The molecule has 1 saturated heterocycles. The van der Waals surface area contributed by atoms with E-state index < -0.39 is 0 Å². The van der Waals surface area contributed by atoms with E-state index >= 15 is 0 Å². The summed E-state index contributed by atoms with van der Waals surface area (Å²) in [7, 11) is 0. The number of hydrogen-bond acceptors (Lipinski definition) is 4. The second-order valence-electron chi connectivity index (χ2n) is 6.63. The minimum absolute atomic E-state index is 0.339. The van der Waals surface area contributed by atoms with Crippen LogP contribution >= 0.6 is 0 Å². The molecule has 20 heavy (non-hydrogen) atoms. The lowest BCUT2D eigenvalue weighted by Gasteiger charge is -2.43. The fourth-order valence-electron chi connectivity index (χ4n) is 3.13. The zero-order valence-corrected chi connectivity index (χ0v) is 13.4. The van der Waals surface area contributed by atoms with E-state index in [2.05, 4.69) is 49.5 Å². The Balaban J connectivity index is 2.35. The van der Waals surface area contributed by atoms with Gasteiger partial charge >= 0.3 is 0 Å². The molecule has 3 atom stereocenters. The Kier molecular flexibility index (Phi) is 4.63. The lowest BCUT2D eigenvalue weighted by molar-refractivity contribution is 0.296. The van der Waals surface area contributed by atoms with Crippen molar-refractivity contribution in [3.8, 4) is 0 Å². The lowest BCUT2D eigenvalue weighted by atomic mass is 9.85. The predicted octanol–water partition coefficient (Wildman–Crippen LogP) is 2.93. The van der Waals surface area contributed by atoms with Crippen LogP contribution in [0.2, 0.25) is 0 Å². The van der Waals surface area contributed by atoms with E-state index in [1.165, 1.54) is 6.42 Å². The van der Waals surface area contributed by atoms with Gasteiger partial charge in [-0.05, 0) is 25.2 Å². The summed E-state index contributed by atoms with van der Waals surface area (Å²) < 4.78 is 0. The number of aromatic nitrogens is 2. The molecule has 1 aliphatic rings. The molecule has 4 nitrogen and oxygen atoms in total. The van der Waals surface area contributed by atoms with Gasteiger partial charge in [0.1, 0.15) is 5.82 Å². The molecule has 0 radical (unpaired) electrons. The number of piperidine rings is 1. The van der Waals surface area contributed by atoms with Crippen LogP contribution in [0.3, 0.4) is 0 Å². The SMILES string of the molecule is CC1CC(C)C(C)N(c2cnc(C(C)C)nc2CN)C1. The van der Waals surface area contributed by atoms with Gasteiger partial charge in [-0.15, -0.1) is 0 Å². The Hall–Kier alpha value is -1.16. The number of nitrogens with two attached hydrogens (primary N) is 1. The van der Waals surface area contributed by atoms with Gasteiger partial charge in [0.2, 0.25) is 0 Å². The quantitative estimate of drug-likeness (QED) is 0.922. The van der Waals surface area contributed by atoms with Gasteiger partial charge in [-0.1, -0.05) is 27.7 Å². The van der Waals surface area contributed by atoms with Gasteiger partial charge < -0.3 is 10.6 Å². The van der Waals surface area contributed by atoms with Gasteiger partial charge in [0.05, 0.1) is 17.6 Å². The van der Waals surface area contributed by atoms with Crippen molar-refractivity contribution >= 4 is 5.69 Å². The molecular weight excluding hydrogens is 248 g/mol. The first-order chi connectivity index (χ1) is 9.43. The van der Waals surface area contributed by atoms with Crippen molar-refractivity contribution in [3.63, 3.8) is 0 Å². The topological polar surface area (TPSA) is 55.0 Å². The average Bonchev–Trinajstić information content (AvgIpc) is 2.42. The maximum absolute atomic E-state index is 5.92. The van der Waals surface area contributed by atoms with Crippen LogP contribution in [0.15, 0.2) is 6.20 Å². The minimum Gasteiger partial charge on any atom is -0.366 e. The summed E-state index contributed by atoms with van der Waals surface area (Å²) in [5, 5.41) is 0. The van der Waals surface area contributed by atoms with Crippen molar-refractivity contribution in [2.75, 3.05) is 11.4 Å². The zero-order chi connectivity index (χ0) is 14.9. The molecule has 4 heteroatoms. The molecule has 0 aromatic carbocycles. The molecule has 0 saturated carbocycles. The summed E-state index contributed by atoms with van der Waals surface area (Å²) in [6, 6.07) is 0.519. The highest BCUT2D eigenvalue weighted by Gasteiger charge is 2.30. The summed E-state index contributed by atoms with van der Waals surface area (Å²) in [5.41, 5.74) is 8.03. The molecule has 3 unspecified atom stereocenters. The van der Waals surface area contributed by atoms with Crippen LogP contribution in [0, 0.1) is 11.8 Å². The van der Waals surface area contributed by atoms with Crippen LogP contribution in [-0.2, 0) is 6.54 Å². The van der Waals surface area contributed by atoms with E-state index in [-0.39, 0.29) is 0 Å². The van der Waals surface area contributed by atoms with Gasteiger partial charge in [-0.3, -0.25) is 0 Å². The normalized spacial score (nSPS) is 27.1. The molecule has 2 N–H and O–H groups in total. The maximum atomic E-state index is 5.92. The minimum atomic E-state index is 0.339. The van der Waals surface area contributed by atoms with E-state index in [1.54, 1.807) is 0 Å². The third-order valence-electron chi connectivity index (χ3n) is 4.48. The molecule has 0 aliphatic carbocycles. The molecule has 1 fully saturated rings. The first-order valence-corrected chi connectivity index (χ1v) is 7.76. The van der Waals surface area contributed by atoms with Gasteiger partial charge in [0, 0.05) is 25.0 Å². The van der Waals surface area contributed by atoms with Crippen LogP contribution in [0.25, 0.3) is 0 Å². The monoisotopic (exact) mass is 276 g/mol. The summed E-state index contributed by atoms with van der Waals surface area (Å²) >= 11 is 0. The second kappa shape index (κ2) is 6.08. The molecule has 0 spiro atoms. The van der Waals surface area contributed by atoms with Crippen molar-refractivity contribution in [1.29, 1.82) is 0 Å². The van der Waals surface area contributed by atoms with Crippen LogP contribution in [-0.4, -0.2) is 22.6 Å². The Morgan fingerprint density at radius 2 is 2.05 bits per heavy atom. The third-order valence-corrected chi connectivity index (χ3v) is 4.48. The highest BCUT2D eigenvalue weighted by atomic mass is 15.2. The van der Waals surface area contributed by atoms with Crippen molar-refractivity contribution in [2.24, 2.45) is 17.6 Å². The molecule has 0 bridgehead atoms. The highest BCUT2D eigenvalue weighted by Crippen LogP contribution is 2.32. The molecule has 0 amide bonds. The van der Waals surface area contributed by atoms with Gasteiger partial charge in [0.15, 0.2) is 0 Å². The van der Waals surface area contributed by atoms with E-state index in [9.17, 15) is 0 Å². The van der Waals surface area contributed by atoms with Crippen molar-refractivity contribution < 1.29 is 0 Å². The molecule has 2 heterocycles. The molecule has 1 aromatic rings. The van der Waals surface area contributed by atoms with Crippen LogP contribution in [0.1, 0.15) is 58.5 Å². The molecular formula is C16H28N4. The zero-order valence-electron chi connectivity index (χ0n) is 13.4. The Labute approximate surface area is 122 Å². The third kappa shape index (κ3) is 2.95. The first kappa shape index (κ1) is 15.2. The smallest absolute Gasteiger partial charge is 0.131 e. The van der Waals surface area contributed by atoms with Crippen LogP contribution in [0.5, 0.6) is 0 Å². The van der Waals surface area contributed by atoms with Gasteiger partial charge in [-0.25, -0.2) is 9.97 Å². The average molecular weight is 276 g/mol. The van der Waals surface area contributed by atoms with Crippen LogP contribution < -0.4 is 10.6 Å². The fourth-order valence-corrected chi connectivity index (χ4v) is 3.13. The number of anilines is 1. The Bertz CT molecular complexity index is 458. The van der Waals surface area contributed by atoms with E-state index in [1.807, 2.05) is 6.20 Å². The number of hydrogen-bond donors (Lipinski definition) is 1. The maximum Gasteiger partial charge on any atom is 0.131 e. The first-order valence-electron chi connectivity index (χ1n) is 7.76. The van der Waals surface area contributed by atoms with Crippen molar-refractivity contribution in [1.82, 2.24) is 9.97 Å². The summed E-state index contributed by atoms with van der Waals surface area (Å²) in [6.07, 6.45) is 3.27. The van der Waals surface area contributed by atoms with Gasteiger partial charge in [-0.2, -0.15) is 0 Å². The van der Waals surface area contributed by atoms with E-state index in [0.717, 1.165) is 23.8 Å². The Morgan fingerprint density at radius 1 is 1.35 bits per heavy atom. The number of rotatable bonds is 3. The summed E-state index contributed by atoms with van der Waals surface area (Å²) in [6.45, 7) is 12.7. The standard InChI is InChI=1S/C16H28N4/c1-10(2)16-18-8-15(14(7-17)19-16)20-9-11(3)6-12(4)13(20)5/h8,10-13H,6-7,9,17H2,1-5H3. The fraction of sp³-hybridized carbons (Fsp3) is 0.750. The van der Waals surface area contributed by atoms with E-state index in [4.69, 9.17) is 5.73 Å². The largest absolute Gasteiger partial charge is 0.366 e. The molecule has 1 aromatic heterocycles. The molecule has 112 valence electrons. The predicted molar refractivity (Wildman–Crippen MR) is 83.8 cm³/mol. The second-order valence-corrected chi connectivity index (χ2v) is 6.63. The van der Waals surface area contributed by atoms with E-state index in [0.29, 0.717) is 30.3 Å². The summed E-state index contributed by atoms with van der Waals surface area (Å²) in [4.78, 5) is 11.7. The van der Waals surface area contributed by atoms with Gasteiger partial charge in [0.25, 0.3) is 0 Å². The molecule has 1 aliphatic heterocycles. The van der Waals surface area contributed by atoms with Crippen molar-refractivity contribution in [3.05, 3.63) is 17.7 Å². The summed E-state index contributed by atoms with van der Waals surface area (Å²) in [5.74, 6) is 2.62. The highest BCUT2D eigenvalue weighted by molar-refractivity contribution is 5.50. The van der Waals surface area contributed by atoms with Crippen molar-refractivity contribution in [2.45, 2.75) is 59.5 Å². The number of nitrogens with zero attached hydrogens (tertiary/aromatic N) is 3. The van der Waals surface area contributed by atoms with Crippen LogP contribution in [0.4, 0.5) is 5.69 Å². The lowest BCUT2D eigenvalue weighted by Crippen LogP contribution is -2.46.